The molecule has 1 aliphatic heterocycles. The fourth-order valence-corrected chi connectivity index (χ4v) is 4.45. The van der Waals surface area contributed by atoms with Gasteiger partial charge in [-0.15, -0.1) is 0 Å². The third-order valence-corrected chi connectivity index (χ3v) is 6.67. The standard InChI is InChI=1S/C25H23Cl3FNO2/c26-20-7-5-19(6-8-20)25(32-16-17-2-1-3-21(29)12-17)10-11-30-14-24(25)31-15-18-4-9-22(27)23(28)13-18/h1-9,12-13,24,30H,10-11,14-16H2. The number of hydrogen-bond donors (Lipinski definition) is 1. The topological polar surface area (TPSA) is 30.5 Å². The second kappa shape index (κ2) is 10.5. The number of halogens is 4. The highest BCUT2D eigenvalue weighted by Crippen LogP contribution is 2.39. The van der Waals surface area contributed by atoms with E-state index in [2.05, 4.69) is 5.32 Å². The lowest BCUT2D eigenvalue weighted by Crippen LogP contribution is -2.54. The maximum atomic E-state index is 13.7. The van der Waals surface area contributed by atoms with Crippen LogP contribution in [0.15, 0.2) is 66.7 Å². The lowest BCUT2D eigenvalue weighted by molar-refractivity contribution is -0.176. The smallest absolute Gasteiger partial charge is 0.123 e. The lowest BCUT2D eigenvalue weighted by atomic mass is 9.82. The number of piperidine rings is 1. The molecule has 7 heteroatoms. The van der Waals surface area contributed by atoms with Crippen LogP contribution in [0.3, 0.4) is 0 Å². The van der Waals surface area contributed by atoms with Crippen LogP contribution in [0.25, 0.3) is 0 Å². The minimum absolute atomic E-state index is 0.257. The molecule has 0 spiro atoms. The number of rotatable bonds is 7. The summed E-state index contributed by atoms with van der Waals surface area (Å²) in [5, 5.41) is 5.04. The highest BCUT2D eigenvalue weighted by molar-refractivity contribution is 6.42. The molecule has 1 saturated heterocycles. The lowest BCUT2D eigenvalue weighted by Gasteiger charge is -2.44. The zero-order chi connectivity index (χ0) is 22.6. The van der Waals surface area contributed by atoms with Crippen LogP contribution in [0.4, 0.5) is 4.39 Å². The molecule has 3 nitrogen and oxygen atoms in total. The van der Waals surface area contributed by atoms with Gasteiger partial charge in [-0.1, -0.05) is 65.1 Å². The van der Waals surface area contributed by atoms with E-state index in [-0.39, 0.29) is 18.5 Å². The molecule has 4 rings (SSSR count). The van der Waals surface area contributed by atoms with E-state index in [0.29, 0.717) is 34.6 Å². The van der Waals surface area contributed by atoms with E-state index in [0.717, 1.165) is 23.2 Å². The first-order valence-electron chi connectivity index (χ1n) is 10.4. The van der Waals surface area contributed by atoms with Crippen molar-refractivity contribution in [2.75, 3.05) is 13.1 Å². The average molecular weight is 495 g/mol. The minimum atomic E-state index is -0.724. The molecule has 2 atom stereocenters. The van der Waals surface area contributed by atoms with E-state index in [1.165, 1.54) is 12.1 Å². The zero-order valence-electron chi connectivity index (χ0n) is 17.3. The number of hydrogen-bond acceptors (Lipinski definition) is 3. The van der Waals surface area contributed by atoms with Gasteiger partial charge in [-0.05, 0) is 66.1 Å². The summed E-state index contributed by atoms with van der Waals surface area (Å²) < 4.78 is 26.7. The maximum absolute atomic E-state index is 13.7. The maximum Gasteiger partial charge on any atom is 0.123 e. The van der Waals surface area contributed by atoms with E-state index < -0.39 is 5.60 Å². The Morgan fingerprint density at radius 2 is 1.69 bits per heavy atom. The Morgan fingerprint density at radius 1 is 0.906 bits per heavy atom. The predicted molar refractivity (Wildman–Crippen MR) is 127 cm³/mol. The fourth-order valence-electron chi connectivity index (χ4n) is 4.00. The molecule has 0 aliphatic carbocycles. The molecule has 1 fully saturated rings. The first-order chi connectivity index (χ1) is 15.5. The van der Waals surface area contributed by atoms with Crippen molar-refractivity contribution in [3.63, 3.8) is 0 Å². The van der Waals surface area contributed by atoms with Crippen LogP contribution < -0.4 is 5.32 Å². The van der Waals surface area contributed by atoms with Crippen molar-refractivity contribution in [3.8, 4) is 0 Å². The van der Waals surface area contributed by atoms with Crippen molar-refractivity contribution in [2.45, 2.75) is 31.3 Å². The summed E-state index contributed by atoms with van der Waals surface area (Å²) in [5.41, 5.74) is 1.93. The summed E-state index contributed by atoms with van der Waals surface area (Å²) in [5.74, 6) is -0.288. The largest absolute Gasteiger partial charge is 0.369 e. The van der Waals surface area contributed by atoms with E-state index >= 15 is 0 Å². The first kappa shape index (κ1) is 23.5. The van der Waals surface area contributed by atoms with Crippen molar-refractivity contribution in [3.05, 3.63) is 104 Å². The van der Waals surface area contributed by atoms with Gasteiger partial charge in [0.05, 0.1) is 23.3 Å². The quantitative estimate of drug-likeness (QED) is 0.393. The molecule has 0 aromatic heterocycles. The number of nitrogens with one attached hydrogen (secondary N) is 1. The molecule has 32 heavy (non-hydrogen) atoms. The highest BCUT2D eigenvalue weighted by atomic mass is 35.5. The van der Waals surface area contributed by atoms with E-state index in [4.69, 9.17) is 44.3 Å². The predicted octanol–water partition coefficient (Wildman–Crippen LogP) is 6.78. The summed E-state index contributed by atoms with van der Waals surface area (Å²) in [6.45, 7) is 1.97. The van der Waals surface area contributed by atoms with Crippen LogP contribution in [-0.4, -0.2) is 19.2 Å². The van der Waals surface area contributed by atoms with Crippen LogP contribution in [0.2, 0.25) is 15.1 Å². The van der Waals surface area contributed by atoms with Crippen LogP contribution >= 0.6 is 34.8 Å². The zero-order valence-corrected chi connectivity index (χ0v) is 19.6. The van der Waals surface area contributed by atoms with Gasteiger partial charge in [0.15, 0.2) is 0 Å². The van der Waals surface area contributed by atoms with Gasteiger partial charge in [-0.3, -0.25) is 0 Å². The van der Waals surface area contributed by atoms with Crippen LogP contribution in [0.1, 0.15) is 23.1 Å². The third-order valence-electron chi connectivity index (χ3n) is 5.68. The summed E-state index contributed by atoms with van der Waals surface area (Å²) in [7, 11) is 0. The Kier molecular flexibility index (Phi) is 7.72. The molecule has 3 aromatic carbocycles. The van der Waals surface area contributed by atoms with Gasteiger partial charge in [-0.2, -0.15) is 0 Å². The molecule has 0 saturated carbocycles. The molecule has 0 bridgehead atoms. The van der Waals surface area contributed by atoms with E-state index in [9.17, 15) is 4.39 Å². The number of ether oxygens (including phenoxy) is 2. The van der Waals surface area contributed by atoms with E-state index in [1.54, 1.807) is 18.2 Å². The van der Waals surface area contributed by atoms with E-state index in [1.807, 2.05) is 36.4 Å². The molecule has 1 heterocycles. The first-order valence-corrected chi connectivity index (χ1v) is 11.5. The minimum Gasteiger partial charge on any atom is -0.369 e. The SMILES string of the molecule is Fc1cccc(COC2(c3ccc(Cl)cc3)CCNCC2OCc2ccc(Cl)c(Cl)c2)c1. The molecular weight excluding hydrogens is 472 g/mol. The Balaban J connectivity index is 1.61. The van der Waals surface area contributed by atoms with Crippen LogP contribution in [0.5, 0.6) is 0 Å². The molecule has 0 amide bonds. The Labute approximate surface area is 202 Å². The van der Waals surface area contributed by atoms with Crippen LogP contribution in [0, 0.1) is 5.82 Å². The van der Waals surface area contributed by atoms with Gasteiger partial charge in [0.25, 0.3) is 0 Å². The second-order valence-electron chi connectivity index (χ2n) is 7.82. The monoisotopic (exact) mass is 493 g/mol. The molecule has 1 aliphatic rings. The Bertz CT molecular complexity index is 1060. The van der Waals surface area contributed by atoms with Gasteiger partial charge in [0.2, 0.25) is 0 Å². The normalized spacial score (nSPS) is 20.9. The summed E-state index contributed by atoms with van der Waals surface area (Å²) in [6, 6.07) is 19.5. The van der Waals surface area contributed by atoms with Crippen molar-refractivity contribution >= 4 is 34.8 Å². The third kappa shape index (κ3) is 5.45. The number of benzene rings is 3. The van der Waals surface area contributed by atoms with Gasteiger partial charge >= 0.3 is 0 Å². The Hall–Kier alpha value is -1.66. The summed E-state index contributed by atoms with van der Waals surface area (Å²) in [4.78, 5) is 0. The van der Waals surface area contributed by atoms with Gasteiger partial charge < -0.3 is 14.8 Å². The molecule has 0 radical (unpaired) electrons. The van der Waals surface area contributed by atoms with Crippen LogP contribution in [-0.2, 0) is 28.3 Å². The average Bonchev–Trinajstić information content (AvgIpc) is 2.79. The molecule has 168 valence electrons. The van der Waals surface area contributed by atoms with Gasteiger partial charge in [0.1, 0.15) is 17.5 Å². The van der Waals surface area contributed by atoms with Crippen molar-refractivity contribution < 1.29 is 13.9 Å². The van der Waals surface area contributed by atoms with Crippen molar-refractivity contribution in [1.82, 2.24) is 5.32 Å². The summed E-state index contributed by atoms with van der Waals surface area (Å²) in [6.07, 6.45) is 0.399. The van der Waals surface area contributed by atoms with Crippen molar-refractivity contribution in [2.24, 2.45) is 0 Å². The molecule has 1 N–H and O–H groups in total. The molecule has 2 unspecified atom stereocenters. The second-order valence-corrected chi connectivity index (χ2v) is 9.07. The Morgan fingerprint density at radius 3 is 2.44 bits per heavy atom. The van der Waals surface area contributed by atoms with Crippen molar-refractivity contribution in [1.29, 1.82) is 0 Å². The van der Waals surface area contributed by atoms with Gasteiger partial charge in [0, 0.05) is 11.6 Å². The highest BCUT2D eigenvalue weighted by Gasteiger charge is 2.44. The fraction of sp³-hybridized carbons (Fsp3) is 0.280. The molecular formula is C25H23Cl3FNO2. The molecule has 3 aromatic rings. The summed E-state index contributed by atoms with van der Waals surface area (Å²) >= 11 is 18.3. The van der Waals surface area contributed by atoms with Gasteiger partial charge in [-0.25, -0.2) is 4.39 Å².